The normalized spacial score (nSPS) is 16.3. The van der Waals surface area contributed by atoms with Gasteiger partial charge in [-0.2, -0.15) is 5.10 Å². The standard InChI is InChI=1S/C36H40Cl3N5O2/c1-3-33(45)43(30-18-20-40-29(23-30)16-10-25-8-5-4-6-9-25)21-7-19-41-36(46)34-24(2)35(26-11-13-27(37)14-12-26)44(42-34)32-17-15-28(38)22-31(32)39/h4-6,8-9,11-15,17,22,29-30,40H,3,7,10,16,18-21,23H2,1-2H3,(H,41,46). The van der Waals surface area contributed by atoms with Crippen molar-refractivity contribution in [3.63, 3.8) is 0 Å². The maximum absolute atomic E-state index is 13.5. The summed E-state index contributed by atoms with van der Waals surface area (Å²) in [4.78, 5) is 28.6. The quantitative estimate of drug-likeness (QED) is 0.149. The molecule has 1 fully saturated rings. The predicted octanol–water partition coefficient (Wildman–Crippen LogP) is 7.92. The smallest absolute Gasteiger partial charge is 0.272 e. The van der Waals surface area contributed by atoms with Crippen LogP contribution in [0.25, 0.3) is 16.9 Å². The lowest BCUT2D eigenvalue weighted by Crippen LogP contribution is -2.50. The van der Waals surface area contributed by atoms with E-state index in [-0.39, 0.29) is 17.9 Å². The topological polar surface area (TPSA) is 79.3 Å². The van der Waals surface area contributed by atoms with E-state index in [1.165, 1.54) is 5.56 Å². The molecule has 2 amide bonds. The second-order valence-electron chi connectivity index (χ2n) is 11.7. The number of aromatic nitrogens is 2. The van der Waals surface area contributed by atoms with Gasteiger partial charge in [0, 0.05) is 52.8 Å². The molecule has 3 aromatic carbocycles. The van der Waals surface area contributed by atoms with Crippen LogP contribution < -0.4 is 10.6 Å². The SMILES string of the molecule is CCC(=O)N(CCCNC(=O)c1nn(-c2ccc(Cl)cc2Cl)c(-c2ccc(Cl)cc2)c1C)C1CCNC(CCc2ccccc2)C1. The highest BCUT2D eigenvalue weighted by atomic mass is 35.5. The molecule has 0 radical (unpaired) electrons. The summed E-state index contributed by atoms with van der Waals surface area (Å²) in [6.45, 7) is 5.68. The first-order valence-electron chi connectivity index (χ1n) is 15.9. The van der Waals surface area contributed by atoms with Crippen molar-refractivity contribution < 1.29 is 9.59 Å². The Balaban J connectivity index is 1.25. The number of carbonyl (C=O) groups is 2. The Hall–Kier alpha value is -3.36. The van der Waals surface area contributed by atoms with Gasteiger partial charge >= 0.3 is 0 Å². The Morgan fingerprint density at radius 3 is 2.48 bits per heavy atom. The Morgan fingerprint density at radius 2 is 1.76 bits per heavy atom. The van der Waals surface area contributed by atoms with Crippen LogP contribution in [0, 0.1) is 6.92 Å². The van der Waals surface area contributed by atoms with Gasteiger partial charge in [-0.3, -0.25) is 9.59 Å². The Morgan fingerprint density at radius 1 is 1.02 bits per heavy atom. The van der Waals surface area contributed by atoms with Crippen LogP contribution in [0.15, 0.2) is 72.8 Å². The lowest BCUT2D eigenvalue weighted by atomic mass is 9.93. The molecule has 0 bridgehead atoms. The van der Waals surface area contributed by atoms with Crippen molar-refractivity contribution in [2.24, 2.45) is 0 Å². The highest BCUT2D eigenvalue weighted by Gasteiger charge is 2.29. The number of benzene rings is 3. The third-order valence-corrected chi connectivity index (χ3v) is 9.40. The van der Waals surface area contributed by atoms with Gasteiger partial charge in [-0.05, 0) is 81.5 Å². The molecule has 242 valence electrons. The minimum Gasteiger partial charge on any atom is -0.351 e. The average Bonchev–Trinajstić information content (AvgIpc) is 3.40. The number of aryl methyl sites for hydroxylation is 1. The summed E-state index contributed by atoms with van der Waals surface area (Å²) < 4.78 is 1.68. The molecule has 46 heavy (non-hydrogen) atoms. The zero-order valence-corrected chi connectivity index (χ0v) is 28.5. The van der Waals surface area contributed by atoms with Gasteiger partial charge in [0.2, 0.25) is 5.91 Å². The molecule has 0 aliphatic carbocycles. The van der Waals surface area contributed by atoms with E-state index in [0.29, 0.717) is 64.0 Å². The van der Waals surface area contributed by atoms with Crippen LogP contribution in [0.1, 0.15) is 60.6 Å². The van der Waals surface area contributed by atoms with E-state index in [2.05, 4.69) is 34.9 Å². The fraction of sp³-hybridized carbons (Fsp3) is 0.361. The number of hydrogen-bond donors (Lipinski definition) is 2. The van der Waals surface area contributed by atoms with Crippen molar-refractivity contribution in [2.75, 3.05) is 19.6 Å². The molecule has 0 saturated carbocycles. The van der Waals surface area contributed by atoms with Crippen molar-refractivity contribution in [3.05, 3.63) is 105 Å². The molecule has 2 unspecified atom stereocenters. The molecular weight excluding hydrogens is 641 g/mol. The predicted molar refractivity (Wildman–Crippen MR) is 187 cm³/mol. The van der Waals surface area contributed by atoms with E-state index in [1.807, 2.05) is 36.9 Å². The van der Waals surface area contributed by atoms with E-state index in [9.17, 15) is 9.59 Å². The number of nitrogens with zero attached hydrogens (tertiary/aromatic N) is 3. The van der Waals surface area contributed by atoms with Gasteiger partial charge in [0.25, 0.3) is 5.91 Å². The van der Waals surface area contributed by atoms with Crippen molar-refractivity contribution in [1.82, 2.24) is 25.3 Å². The van der Waals surface area contributed by atoms with Gasteiger partial charge in [0.05, 0.1) is 16.4 Å². The number of carbonyl (C=O) groups excluding carboxylic acids is 2. The second kappa shape index (κ2) is 16.0. The van der Waals surface area contributed by atoms with Gasteiger partial charge in [-0.1, -0.05) is 84.2 Å². The number of amides is 2. The summed E-state index contributed by atoms with van der Waals surface area (Å²) >= 11 is 18.9. The molecule has 7 nitrogen and oxygen atoms in total. The lowest BCUT2D eigenvalue weighted by molar-refractivity contribution is -0.134. The van der Waals surface area contributed by atoms with E-state index >= 15 is 0 Å². The molecule has 0 spiro atoms. The summed E-state index contributed by atoms with van der Waals surface area (Å²) in [6, 6.07) is 23.6. The molecule has 5 rings (SSSR count). The molecular formula is C36H40Cl3N5O2. The van der Waals surface area contributed by atoms with E-state index in [1.54, 1.807) is 35.0 Å². The van der Waals surface area contributed by atoms with Crippen LogP contribution >= 0.6 is 34.8 Å². The molecule has 4 aromatic rings. The summed E-state index contributed by atoms with van der Waals surface area (Å²) in [5.41, 5.74) is 4.54. The van der Waals surface area contributed by atoms with Crippen LogP contribution in [-0.2, 0) is 11.2 Å². The van der Waals surface area contributed by atoms with Crippen LogP contribution in [0.4, 0.5) is 0 Å². The number of piperidine rings is 1. The minimum atomic E-state index is -0.284. The summed E-state index contributed by atoms with van der Waals surface area (Å²) in [5.74, 6) is -0.130. The molecule has 2 N–H and O–H groups in total. The number of nitrogens with one attached hydrogen (secondary N) is 2. The van der Waals surface area contributed by atoms with Gasteiger partial charge in [-0.25, -0.2) is 4.68 Å². The lowest BCUT2D eigenvalue weighted by Gasteiger charge is -2.38. The van der Waals surface area contributed by atoms with Gasteiger partial charge < -0.3 is 15.5 Å². The Labute approximate surface area is 286 Å². The van der Waals surface area contributed by atoms with Crippen LogP contribution in [0.2, 0.25) is 15.1 Å². The third kappa shape index (κ3) is 8.31. The molecule has 2 heterocycles. The molecule has 1 aliphatic rings. The van der Waals surface area contributed by atoms with Crippen molar-refractivity contribution in [2.45, 2.75) is 64.5 Å². The third-order valence-electron chi connectivity index (χ3n) is 8.61. The van der Waals surface area contributed by atoms with E-state index in [0.717, 1.165) is 43.5 Å². The van der Waals surface area contributed by atoms with Crippen molar-refractivity contribution >= 4 is 46.6 Å². The van der Waals surface area contributed by atoms with Crippen molar-refractivity contribution in [1.29, 1.82) is 0 Å². The first-order chi connectivity index (χ1) is 22.2. The van der Waals surface area contributed by atoms with E-state index < -0.39 is 0 Å². The monoisotopic (exact) mass is 679 g/mol. The molecule has 2 atom stereocenters. The molecule has 10 heteroatoms. The first kappa shape index (κ1) is 34.0. The summed E-state index contributed by atoms with van der Waals surface area (Å²) in [5, 5.41) is 12.9. The summed E-state index contributed by atoms with van der Waals surface area (Å²) in [7, 11) is 0. The van der Waals surface area contributed by atoms with E-state index in [4.69, 9.17) is 39.9 Å². The zero-order chi connectivity index (χ0) is 32.6. The fourth-order valence-electron chi connectivity index (χ4n) is 6.21. The maximum Gasteiger partial charge on any atom is 0.272 e. The highest BCUT2D eigenvalue weighted by molar-refractivity contribution is 6.35. The van der Waals surface area contributed by atoms with Gasteiger partial charge in [0.1, 0.15) is 0 Å². The summed E-state index contributed by atoms with van der Waals surface area (Å²) in [6.07, 6.45) is 5.01. The average molecular weight is 681 g/mol. The number of hydrogen-bond acceptors (Lipinski definition) is 4. The Bertz CT molecular complexity index is 1640. The largest absolute Gasteiger partial charge is 0.351 e. The van der Waals surface area contributed by atoms with Crippen LogP contribution in [0.3, 0.4) is 0 Å². The van der Waals surface area contributed by atoms with Gasteiger partial charge in [-0.15, -0.1) is 0 Å². The zero-order valence-electron chi connectivity index (χ0n) is 26.2. The van der Waals surface area contributed by atoms with Crippen molar-refractivity contribution in [3.8, 4) is 16.9 Å². The second-order valence-corrected chi connectivity index (χ2v) is 13.0. The highest BCUT2D eigenvalue weighted by Crippen LogP contribution is 2.33. The number of halogens is 3. The molecule has 1 aromatic heterocycles. The maximum atomic E-state index is 13.5. The Kier molecular flexibility index (Phi) is 11.8. The minimum absolute atomic E-state index is 0.155. The fourth-order valence-corrected chi connectivity index (χ4v) is 6.82. The van der Waals surface area contributed by atoms with Gasteiger partial charge in [0.15, 0.2) is 5.69 Å². The van der Waals surface area contributed by atoms with Crippen LogP contribution in [0.5, 0.6) is 0 Å². The van der Waals surface area contributed by atoms with Crippen LogP contribution in [-0.4, -0.2) is 58.2 Å². The molecule has 1 aliphatic heterocycles. The molecule has 1 saturated heterocycles. The first-order valence-corrected chi connectivity index (χ1v) is 17.0. The number of rotatable bonds is 12.